The SMILES string of the molecule is COC(=O)C1=C(C(=O)OC)C(C(=O)OC)=C(C(=O)OC)C1=C([O-])OC.Cc1cc(C)cc(C)c1.Cc1cc(C)cc(C)c1.[Mo]. The second kappa shape index (κ2) is 18.5. The number of methoxy groups -OCH3 is 5. The van der Waals surface area contributed by atoms with E-state index in [1.165, 1.54) is 33.4 Å². The number of aryl methyl sites for hydroxylation is 6. The summed E-state index contributed by atoms with van der Waals surface area (Å²) in [6.07, 6.45) is 0. The van der Waals surface area contributed by atoms with E-state index in [1.807, 2.05) is 0 Å². The van der Waals surface area contributed by atoms with Crippen LogP contribution in [-0.2, 0) is 63.9 Å². The zero-order valence-electron chi connectivity index (χ0n) is 27.0. The molecule has 1 aliphatic carbocycles. The monoisotopic (exact) mass is 693 g/mol. The first-order chi connectivity index (χ1) is 20.2. The number of benzene rings is 2. The van der Waals surface area contributed by atoms with E-state index in [-0.39, 0.29) is 21.1 Å². The van der Waals surface area contributed by atoms with Gasteiger partial charge in [0.25, 0.3) is 0 Å². The first-order valence-corrected chi connectivity index (χ1v) is 13.0. The number of hydrogen-bond donors (Lipinski definition) is 0. The molecular weight excluding hydrogens is 652 g/mol. The topological polar surface area (TPSA) is 137 Å². The summed E-state index contributed by atoms with van der Waals surface area (Å²) in [6, 6.07) is 13.1. The van der Waals surface area contributed by atoms with Crippen molar-refractivity contribution in [3.8, 4) is 0 Å². The van der Waals surface area contributed by atoms with Crippen molar-refractivity contribution in [3.05, 3.63) is 104 Å². The van der Waals surface area contributed by atoms with Gasteiger partial charge in [-0.3, -0.25) is 0 Å². The van der Waals surface area contributed by atoms with Crippen LogP contribution in [0.1, 0.15) is 33.4 Å². The molecule has 2 aromatic carbocycles. The predicted molar refractivity (Wildman–Crippen MR) is 157 cm³/mol. The zero-order chi connectivity index (χ0) is 33.0. The second-order valence-electron chi connectivity index (χ2n) is 9.66. The van der Waals surface area contributed by atoms with Gasteiger partial charge in [-0.05, 0) is 48.7 Å². The number of hydrogen-bond acceptors (Lipinski definition) is 10. The van der Waals surface area contributed by atoms with Crippen molar-refractivity contribution in [1.29, 1.82) is 0 Å². The van der Waals surface area contributed by atoms with Gasteiger partial charge < -0.3 is 28.8 Å². The zero-order valence-corrected chi connectivity index (χ0v) is 29.0. The fourth-order valence-electron chi connectivity index (χ4n) is 4.56. The third-order valence-corrected chi connectivity index (χ3v) is 5.93. The number of carbonyl (C=O) groups is 4. The molecule has 3 rings (SSSR count). The van der Waals surface area contributed by atoms with Gasteiger partial charge in [0.2, 0.25) is 0 Å². The summed E-state index contributed by atoms with van der Waals surface area (Å²) in [4.78, 5) is 48.6. The molecule has 11 heteroatoms. The molecule has 0 N–H and O–H groups in total. The molecule has 0 radical (unpaired) electrons. The summed E-state index contributed by atoms with van der Waals surface area (Å²) in [5, 5.41) is 12.1. The minimum atomic E-state index is -1.17. The molecule has 0 heterocycles. The van der Waals surface area contributed by atoms with Crippen LogP contribution >= 0.6 is 0 Å². The van der Waals surface area contributed by atoms with E-state index in [4.69, 9.17) is 0 Å². The second-order valence-corrected chi connectivity index (χ2v) is 9.66. The van der Waals surface area contributed by atoms with Crippen LogP contribution in [0.15, 0.2) is 70.2 Å². The summed E-state index contributed by atoms with van der Waals surface area (Å²) >= 11 is 0. The smallest absolute Gasteiger partial charge is 0.339 e. The van der Waals surface area contributed by atoms with E-state index in [0.29, 0.717) is 0 Å². The molecule has 0 atom stereocenters. The Morgan fingerprint density at radius 1 is 0.432 bits per heavy atom. The molecular formula is C33H39MoO10-. The fraction of sp³-hybridized carbons (Fsp3) is 0.333. The molecule has 0 saturated heterocycles. The van der Waals surface area contributed by atoms with Crippen molar-refractivity contribution in [3.63, 3.8) is 0 Å². The van der Waals surface area contributed by atoms with Crippen molar-refractivity contribution in [2.75, 3.05) is 35.5 Å². The van der Waals surface area contributed by atoms with E-state index in [0.717, 1.165) is 35.5 Å². The average molecular weight is 692 g/mol. The van der Waals surface area contributed by atoms with E-state index in [9.17, 15) is 24.3 Å². The maximum atomic E-state index is 12.1. The van der Waals surface area contributed by atoms with Gasteiger partial charge in [0.15, 0.2) is 0 Å². The maximum Gasteiger partial charge on any atom is 0.339 e. The normalized spacial score (nSPS) is 11.6. The van der Waals surface area contributed by atoms with Gasteiger partial charge in [-0.2, -0.15) is 0 Å². The molecule has 10 nitrogen and oxygen atoms in total. The van der Waals surface area contributed by atoms with Crippen LogP contribution in [0.5, 0.6) is 0 Å². The minimum Gasteiger partial charge on any atom is -0.616 e. The molecule has 44 heavy (non-hydrogen) atoms. The third kappa shape index (κ3) is 10.5. The van der Waals surface area contributed by atoms with E-state index >= 15 is 0 Å². The quantitative estimate of drug-likeness (QED) is 0.198. The first kappa shape index (κ1) is 39.8. The Morgan fingerprint density at radius 2 is 0.636 bits per heavy atom. The third-order valence-electron chi connectivity index (χ3n) is 5.93. The Kier molecular flexibility index (Phi) is 16.7. The van der Waals surface area contributed by atoms with Gasteiger partial charge in [0.1, 0.15) is 0 Å². The molecule has 0 spiro atoms. The average Bonchev–Trinajstić information content (AvgIpc) is 3.30. The molecule has 0 bridgehead atoms. The van der Waals surface area contributed by atoms with Gasteiger partial charge in [-0.25, -0.2) is 19.2 Å². The van der Waals surface area contributed by atoms with Crippen LogP contribution in [0.4, 0.5) is 0 Å². The Labute approximate surface area is 272 Å². The van der Waals surface area contributed by atoms with Crippen LogP contribution in [-0.4, -0.2) is 59.4 Å². The predicted octanol–water partition coefficient (Wildman–Crippen LogP) is 3.72. The summed E-state index contributed by atoms with van der Waals surface area (Å²) in [6.45, 7) is 12.8. The number of ether oxygens (including phenoxy) is 5. The number of rotatable bonds is 5. The van der Waals surface area contributed by atoms with Gasteiger partial charge in [-0.15, -0.1) is 0 Å². The molecule has 1 aliphatic rings. The summed E-state index contributed by atoms with van der Waals surface area (Å²) in [5.74, 6) is -5.83. The molecule has 0 fully saturated rings. The standard InChI is InChI=1S/C15H16O10.2C9H12.Mo/c1-21-11(16)6-7(12(17)22-2)9(14(19)24-4)10(15(20)25-5)8(6)13(18)23-3;2*1-7-4-8(2)6-9(3)5-7;/h16H,1-5H3;2*4-6H,1-3H3;/p-1. The van der Waals surface area contributed by atoms with Crippen LogP contribution in [0.3, 0.4) is 0 Å². The van der Waals surface area contributed by atoms with Gasteiger partial charge in [0, 0.05) is 26.6 Å². The summed E-state index contributed by atoms with van der Waals surface area (Å²) in [7, 11) is 4.90. The Morgan fingerprint density at radius 3 is 0.818 bits per heavy atom. The van der Waals surface area contributed by atoms with Crippen LogP contribution in [0.2, 0.25) is 0 Å². The van der Waals surface area contributed by atoms with Crippen molar-refractivity contribution in [2.45, 2.75) is 41.5 Å². The van der Waals surface area contributed by atoms with Crippen LogP contribution in [0.25, 0.3) is 0 Å². The van der Waals surface area contributed by atoms with E-state index in [1.54, 1.807) is 0 Å². The molecule has 238 valence electrons. The van der Waals surface area contributed by atoms with Gasteiger partial charge >= 0.3 is 23.9 Å². The maximum absolute atomic E-state index is 12.1. The van der Waals surface area contributed by atoms with E-state index < -0.39 is 57.7 Å². The summed E-state index contributed by atoms with van der Waals surface area (Å²) < 4.78 is 22.7. The Balaban J connectivity index is 0.000000787. The van der Waals surface area contributed by atoms with Crippen LogP contribution < -0.4 is 5.11 Å². The van der Waals surface area contributed by atoms with Crippen molar-refractivity contribution < 1.29 is 69.0 Å². The molecule has 0 unspecified atom stereocenters. The minimum absolute atomic E-state index is 0. The molecule has 0 aliphatic heterocycles. The Bertz CT molecular complexity index is 1280. The van der Waals surface area contributed by atoms with Crippen molar-refractivity contribution in [2.24, 2.45) is 0 Å². The number of esters is 4. The largest absolute Gasteiger partial charge is 0.616 e. The van der Waals surface area contributed by atoms with Gasteiger partial charge in [-0.1, -0.05) is 69.8 Å². The van der Waals surface area contributed by atoms with Crippen LogP contribution in [0, 0.1) is 41.5 Å². The van der Waals surface area contributed by atoms with E-state index in [2.05, 4.69) is 102 Å². The molecule has 0 saturated carbocycles. The summed E-state index contributed by atoms with van der Waals surface area (Å²) in [5.41, 5.74) is 4.80. The van der Waals surface area contributed by atoms with Crippen molar-refractivity contribution in [1.82, 2.24) is 0 Å². The first-order valence-electron chi connectivity index (χ1n) is 13.0. The van der Waals surface area contributed by atoms with Crippen molar-refractivity contribution >= 4 is 23.9 Å². The molecule has 0 aromatic heterocycles. The fourth-order valence-corrected chi connectivity index (χ4v) is 4.56. The molecule has 0 amide bonds. The van der Waals surface area contributed by atoms with Gasteiger partial charge in [0.05, 0.1) is 56.7 Å². The Hall–Kier alpha value is -4.17. The molecule has 2 aromatic rings. The number of carbonyl (C=O) groups excluding carboxylic acids is 4.